The minimum absolute atomic E-state index is 0.318. The van der Waals surface area contributed by atoms with Crippen molar-refractivity contribution in [2.24, 2.45) is 0 Å². The molecule has 6 rings (SSSR count). The lowest BCUT2D eigenvalue weighted by molar-refractivity contribution is -0.137. The number of ether oxygens (including phenoxy) is 2. The standard InChI is InChI=1S/C33H38F3N7O4/c1-3-32(44)40-25-18-26(29(45-2)19-28(25)42-10-7-24(8-11-42)41-12-15-46-16-13-41)39-30-20-31(38-21-37-30)43-27(9-14-47-43)22-5-4-6-23(17-22)33(34,35)36/h3-6,17-21,24,27H,1,7-16H2,2H3,(H,40,44)(H,37,38,39). The molecule has 3 aromatic rings. The summed E-state index contributed by atoms with van der Waals surface area (Å²) in [6.07, 6.45) is 0.577. The average Bonchev–Trinajstić information content (AvgIpc) is 3.59. The number of hydroxylamine groups is 1. The number of piperidine rings is 1. The summed E-state index contributed by atoms with van der Waals surface area (Å²) in [4.78, 5) is 31.8. The molecule has 4 heterocycles. The largest absolute Gasteiger partial charge is 0.494 e. The third kappa shape index (κ3) is 7.45. The molecule has 0 saturated carbocycles. The normalized spacial score (nSPS) is 19.4. The molecule has 250 valence electrons. The molecule has 0 bridgehead atoms. The summed E-state index contributed by atoms with van der Waals surface area (Å²) in [5.41, 5.74) is 1.72. The minimum atomic E-state index is -4.45. The van der Waals surface area contributed by atoms with Crippen molar-refractivity contribution < 1.29 is 32.3 Å². The predicted molar refractivity (Wildman–Crippen MR) is 172 cm³/mol. The van der Waals surface area contributed by atoms with Crippen molar-refractivity contribution in [1.29, 1.82) is 0 Å². The molecule has 0 radical (unpaired) electrons. The number of aromatic nitrogens is 2. The maximum Gasteiger partial charge on any atom is 0.416 e. The smallest absolute Gasteiger partial charge is 0.416 e. The number of benzene rings is 2. The van der Waals surface area contributed by atoms with E-state index in [1.54, 1.807) is 25.3 Å². The van der Waals surface area contributed by atoms with E-state index in [4.69, 9.17) is 14.3 Å². The predicted octanol–water partition coefficient (Wildman–Crippen LogP) is 5.56. The summed E-state index contributed by atoms with van der Waals surface area (Å²) in [5, 5.41) is 7.72. The van der Waals surface area contributed by atoms with Crippen LogP contribution in [0, 0.1) is 0 Å². The Labute approximate surface area is 271 Å². The number of rotatable bonds is 9. The van der Waals surface area contributed by atoms with Crippen molar-refractivity contribution in [2.45, 2.75) is 37.5 Å². The van der Waals surface area contributed by atoms with Gasteiger partial charge in [-0.05, 0) is 42.7 Å². The number of amides is 1. The Balaban J connectivity index is 1.23. The van der Waals surface area contributed by atoms with Crippen molar-refractivity contribution >= 4 is 34.6 Å². The Kier molecular flexibility index (Phi) is 9.80. The van der Waals surface area contributed by atoms with E-state index in [-0.39, 0.29) is 5.91 Å². The van der Waals surface area contributed by atoms with Gasteiger partial charge in [-0.2, -0.15) is 13.2 Å². The van der Waals surface area contributed by atoms with Gasteiger partial charge in [0.1, 0.15) is 17.9 Å². The SMILES string of the molecule is C=CC(=O)Nc1cc(Nc2cc(N3OCCC3c3cccc(C(F)(F)F)c3)ncn2)c(OC)cc1N1CCC(N2CCOCC2)CC1. The number of nitrogens with zero attached hydrogens (tertiary/aromatic N) is 5. The second-order valence-electron chi connectivity index (χ2n) is 11.6. The minimum Gasteiger partial charge on any atom is -0.494 e. The summed E-state index contributed by atoms with van der Waals surface area (Å²) >= 11 is 0. The zero-order chi connectivity index (χ0) is 33.0. The first-order chi connectivity index (χ1) is 22.7. The molecule has 11 nitrogen and oxygen atoms in total. The average molecular weight is 654 g/mol. The molecule has 2 N–H and O–H groups in total. The molecule has 0 aliphatic carbocycles. The number of carbonyl (C=O) groups excluding carboxylic acids is 1. The van der Waals surface area contributed by atoms with Crippen LogP contribution in [0.25, 0.3) is 0 Å². The zero-order valence-electron chi connectivity index (χ0n) is 26.1. The molecular formula is C33H38F3N7O4. The van der Waals surface area contributed by atoms with Crippen LogP contribution in [-0.2, 0) is 20.5 Å². The molecule has 2 aromatic carbocycles. The van der Waals surface area contributed by atoms with E-state index in [0.717, 1.165) is 70.1 Å². The van der Waals surface area contributed by atoms with Crippen molar-refractivity contribution in [2.75, 3.05) is 73.7 Å². The summed E-state index contributed by atoms with van der Waals surface area (Å²) < 4.78 is 51.5. The van der Waals surface area contributed by atoms with Gasteiger partial charge in [-0.25, -0.2) is 15.0 Å². The van der Waals surface area contributed by atoms with E-state index >= 15 is 0 Å². The second kappa shape index (κ2) is 14.2. The number of hydrogen-bond donors (Lipinski definition) is 2. The number of hydrogen-bond acceptors (Lipinski definition) is 10. The van der Waals surface area contributed by atoms with Crippen molar-refractivity contribution in [3.05, 3.63) is 72.6 Å². The zero-order valence-corrected chi connectivity index (χ0v) is 26.1. The first-order valence-electron chi connectivity index (χ1n) is 15.6. The molecule has 1 amide bonds. The van der Waals surface area contributed by atoms with Crippen LogP contribution in [-0.4, -0.2) is 79.9 Å². The van der Waals surface area contributed by atoms with Crippen LogP contribution in [0.4, 0.5) is 41.9 Å². The van der Waals surface area contributed by atoms with E-state index in [9.17, 15) is 18.0 Å². The van der Waals surface area contributed by atoms with Gasteiger partial charge in [0.25, 0.3) is 0 Å². The second-order valence-corrected chi connectivity index (χ2v) is 11.6. The Morgan fingerprint density at radius 1 is 1.02 bits per heavy atom. The van der Waals surface area contributed by atoms with Crippen LogP contribution in [0.3, 0.4) is 0 Å². The van der Waals surface area contributed by atoms with E-state index in [1.807, 2.05) is 6.07 Å². The van der Waals surface area contributed by atoms with Gasteiger partial charge in [-0.15, -0.1) is 0 Å². The third-order valence-corrected chi connectivity index (χ3v) is 8.77. The summed E-state index contributed by atoms with van der Waals surface area (Å²) in [7, 11) is 1.57. The molecule has 47 heavy (non-hydrogen) atoms. The molecule has 3 aliphatic rings. The maximum atomic E-state index is 13.4. The molecule has 1 unspecified atom stereocenters. The van der Waals surface area contributed by atoms with Crippen molar-refractivity contribution in [1.82, 2.24) is 14.9 Å². The molecule has 1 aromatic heterocycles. The van der Waals surface area contributed by atoms with Gasteiger partial charge in [-0.1, -0.05) is 18.7 Å². The summed E-state index contributed by atoms with van der Waals surface area (Å²) in [6, 6.07) is 10.6. The number of anilines is 5. The third-order valence-electron chi connectivity index (χ3n) is 8.77. The molecule has 3 saturated heterocycles. The monoisotopic (exact) mass is 653 g/mol. The van der Waals surface area contributed by atoms with Crippen LogP contribution in [0.5, 0.6) is 5.75 Å². The maximum absolute atomic E-state index is 13.4. The van der Waals surface area contributed by atoms with Crippen LogP contribution < -0.4 is 25.3 Å². The van der Waals surface area contributed by atoms with E-state index in [2.05, 4.69) is 37.0 Å². The topological polar surface area (TPSA) is 104 Å². The van der Waals surface area contributed by atoms with Crippen molar-refractivity contribution in [3.8, 4) is 5.75 Å². The molecular weight excluding hydrogens is 615 g/mol. The number of alkyl halides is 3. The highest BCUT2D eigenvalue weighted by molar-refractivity contribution is 6.02. The first-order valence-corrected chi connectivity index (χ1v) is 15.6. The Morgan fingerprint density at radius 3 is 2.53 bits per heavy atom. The van der Waals surface area contributed by atoms with Gasteiger partial charge >= 0.3 is 6.18 Å². The highest BCUT2D eigenvalue weighted by Crippen LogP contribution is 2.41. The number of halogens is 3. The van der Waals surface area contributed by atoms with Crippen LogP contribution in [0.2, 0.25) is 0 Å². The number of methoxy groups -OCH3 is 1. The van der Waals surface area contributed by atoms with Crippen molar-refractivity contribution in [3.63, 3.8) is 0 Å². The lowest BCUT2D eigenvalue weighted by Crippen LogP contribution is -2.49. The van der Waals surface area contributed by atoms with Gasteiger partial charge in [-0.3, -0.25) is 14.5 Å². The summed E-state index contributed by atoms with van der Waals surface area (Å²) in [5.74, 6) is 0.959. The van der Waals surface area contributed by atoms with Crippen LogP contribution in [0.1, 0.15) is 36.4 Å². The van der Waals surface area contributed by atoms with E-state index in [1.165, 1.54) is 23.5 Å². The van der Waals surface area contributed by atoms with Gasteiger partial charge < -0.3 is 25.0 Å². The number of carbonyl (C=O) groups is 1. The quantitative estimate of drug-likeness (QED) is 0.286. The molecule has 3 aliphatic heterocycles. The lowest BCUT2D eigenvalue weighted by Gasteiger charge is -2.41. The molecule has 0 spiro atoms. The van der Waals surface area contributed by atoms with Gasteiger partial charge in [0.15, 0.2) is 5.82 Å². The Bertz CT molecular complexity index is 1580. The highest BCUT2D eigenvalue weighted by Gasteiger charge is 2.34. The van der Waals surface area contributed by atoms with Gasteiger partial charge in [0, 0.05) is 50.8 Å². The van der Waals surface area contributed by atoms with E-state index in [0.29, 0.717) is 53.4 Å². The number of nitrogens with one attached hydrogen (secondary N) is 2. The first kappa shape index (κ1) is 32.5. The van der Waals surface area contributed by atoms with Gasteiger partial charge in [0.05, 0.1) is 55.6 Å². The van der Waals surface area contributed by atoms with Gasteiger partial charge in [0.2, 0.25) is 5.91 Å². The molecule has 1 atom stereocenters. The fourth-order valence-corrected chi connectivity index (χ4v) is 6.39. The fourth-order valence-electron chi connectivity index (χ4n) is 6.39. The lowest BCUT2D eigenvalue weighted by atomic mass is 10.0. The molecule has 3 fully saturated rings. The number of morpholine rings is 1. The Hall–Kier alpha value is -4.40. The fraction of sp³-hybridized carbons (Fsp3) is 0.424. The highest BCUT2D eigenvalue weighted by atomic mass is 19.4. The molecule has 14 heteroatoms. The Morgan fingerprint density at radius 2 is 1.81 bits per heavy atom. The summed E-state index contributed by atoms with van der Waals surface area (Å²) in [6.45, 7) is 8.96. The van der Waals surface area contributed by atoms with Crippen LogP contribution in [0.15, 0.2) is 61.4 Å². The van der Waals surface area contributed by atoms with E-state index < -0.39 is 17.8 Å². The van der Waals surface area contributed by atoms with Crippen LogP contribution >= 0.6 is 0 Å².